The molecule has 2 aromatic carbocycles. The Bertz CT molecular complexity index is 1300. The molecule has 0 amide bonds. The van der Waals surface area contributed by atoms with Gasteiger partial charge in [-0.25, -0.2) is 13.4 Å². The molecule has 1 heterocycles. The van der Waals surface area contributed by atoms with Gasteiger partial charge >= 0.3 is 6.36 Å². The van der Waals surface area contributed by atoms with Crippen LogP contribution < -0.4 is 10.1 Å². The quantitative estimate of drug-likeness (QED) is 0.439. The van der Waals surface area contributed by atoms with E-state index in [0.29, 0.717) is 23.1 Å². The topological polar surface area (TPSA) is 73.2 Å². The van der Waals surface area contributed by atoms with E-state index in [1.54, 1.807) is 18.2 Å². The molecule has 0 radical (unpaired) electrons. The lowest BCUT2D eigenvalue weighted by Crippen LogP contribution is -2.29. The second kappa shape index (κ2) is 8.48. The van der Waals surface area contributed by atoms with Crippen LogP contribution in [0.4, 0.5) is 24.8 Å². The van der Waals surface area contributed by atoms with Crippen LogP contribution in [0.25, 0.3) is 11.0 Å². The lowest BCUT2D eigenvalue weighted by Gasteiger charge is -2.40. The van der Waals surface area contributed by atoms with E-state index in [2.05, 4.69) is 40.4 Å². The van der Waals surface area contributed by atoms with Gasteiger partial charge in [0.25, 0.3) is 0 Å². The predicted octanol–water partition coefficient (Wildman–Crippen LogP) is 6.47. The van der Waals surface area contributed by atoms with Gasteiger partial charge in [-0.2, -0.15) is 0 Å². The van der Waals surface area contributed by atoms with Crippen molar-refractivity contribution in [3.05, 3.63) is 42.5 Å². The minimum Gasteiger partial charge on any atom is -0.406 e. The second-order valence-corrected chi connectivity index (χ2v) is 12.0. The summed E-state index contributed by atoms with van der Waals surface area (Å²) in [6.07, 6.45) is -0.637. The zero-order valence-electron chi connectivity index (χ0n) is 19.5. The molecule has 2 atom stereocenters. The van der Waals surface area contributed by atoms with E-state index < -0.39 is 16.2 Å². The molecule has 0 bridgehead atoms. The van der Waals surface area contributed by atoms with Crippen molar-refractivity contribution in [2.45, 2.75) is 57.3 Å². The highest BCUT2D eigenvalue weighted by Crippen LogP contribution is 2.46. The molecule has 6 nitrogen and oxygen atoms in total. The SMILES string of the molecule is C[C@@H]1CC(n2c(Nc3ccc(OC(F)(F)F)cc3)nc3cc(S(C)(=O)=O)ccc32)CC(C)(C)C1. The summed E-state index contributed by atoms with van der Waals surface area (Å²) in [5, 5.41) is 3.22. The number of halogens is 3. The van der Waals surface area contributed by atoms with Crippen molar-refractivity contribution in [2.24, 2.45) is 11.3 Å². The summed E-state index contributed by atoms with van der Waals surface area (Å²) in [5.74, 6) is 0.695. The van der Waals surface area contributed by atoms with Gasteiger partial charge in [0.15, 0.2) is 9.84 Å². The molecule has 1 aromatic heterocycles. The van der Waals surface area contributed by atoms with E-state index in [9.17, 15) is 21.6 Å². The first kappa shape index (κ1) is 24.4. The average Bonchev–Trinajstić information content (AvgIpc) is 3.03. The molecule has 1 saturated carbocycles. The monoisotopic (exact) mass is 495 g/mol. The minimum absolute atomic E-state index is 0.124. The number of ether oxygens (including phenoxy) is 1. The molecule has 3 aromatic rings. The fraction of sp³-hybridized carbons (Fsp3) is 0.458. The molecule has 1 aliphatic carbocycles. The molecule has 1 unspecified atom stereocenters. The van der Waals surface area contributed by atoms with Crippen LogP contribution in [0.5, 0.6) is 5.75 Å². The van der Waals surface area contributed by atoms with Crippen molar-refractivity contribution in [2.75, 3.05) is 11.6 Å². The molecular formula is C24H28F3N3O3S. The molecule has 34 heavy (non-hydrogen) atoms. The zero-order chi connectivity index (χ0) is 24.9. The Morgan fingerprint density at radius 2 is 1.79 bits per heavy atom. The molecule has 1 aliphatic rings. The van der Waals surface area contributed by atoms with Gasteiger partial charge in [0.2, 0.25) is 5.95 Å². The van der Waals surface area contributed by atoms with E-state index >= 15 is 0 Å². The maximum absolute atomic E-state index is 12.5. The highest BCUT2D eigenvalue weighted by Gasteiger charge is 2.35. The fourth-order valence-electron chi connectivity index (χ4n) is 5.13. The first-order valence-corrected chi connectivity index (χ1v) is 12.9. The predicted molar refractivity (Wildman–Crippen MR) is 125 cm³/mol. The lowest BCUT2D eigenvalue weighted by atomic mass is 9.70. The number of benzene rings is 2. The maximum atomic E-state index is 12.5. The van der Waals surface area contributed by atoms with E-state index in [1.807, 2.05) is 0 Å². The van der Waals surface area contributed by atoms with Crippen LogP contribution in [0, 0.1) is 11.3 Å². The van der Waals surface area contributed by atoms with Crippen molar-refractivity contribution in [1.82, 2.24) is 9.55 Å². The van der Waals surface area contributed by atoms with Crippen LogP contribution in [0.1, 0.15) is 46.1 Å². The number of hydrogen-bond acceptors (Lipinski definition) is 5. The van der Waals surface area contributed by atoms with Crippen molar-refractivity contribution >= 4 is 32.5 Å². The van der Waals surface area contributed by atoms with Gasteiger partial charge in [-0.1, -0.05) is 20.8 Å². The van der Waals surface area contributed by atoms with E-state index in [0.717, 1.165) is 31.0 Å². The molecule has 1 fully saturated rings. The fourth-order valence-corrected chi connectivity index (χ4v) is 5.77. The number of sulfone groups is 1. The third-order valence-corrected chi connectivity index (χ3v) is 7.27. The number of alkyl halides is 3. The highest BCUT2D eigenvalue weighted by atomic mass is 32.2. The number of imidazole rings is 1. The molecule has 10 heteroatoms. The Morgan fingerprint density at radius 3 is 2.38 bits per heavy atom. The standard InChI is InChI=1S/C24H28F3N3O3S/c1-15-11-17(14-23(2,3)13-15)30-21-10-9-19(34(4,31)32)12-20(21)29-22(30)28-16-5-7-18(8-6-16)33-24(25,26)27/h5-10,12,15,17H,11,13-14H2,1-4H3,(H,28,29)/t15-,17?/m1/s1. The summed E-state index contributed by atoms with van der Waals surface area (Å²) in [7, 11) is -3.40. The number of hydrogen-bond donors (Lipinski definition) is 1. The molecule has 0 saturated heterocycles. The number of nitrogens with zero attached hydrogens (tertiary/aromatic N) is 2. The summed E-state index contributed by atoms with van der Waals surface area (Å²) in [6.45, 7) is 6.70. The van der Waals surface area contributed by atoms with Crippen LogP contribution in [0.15, 0.2) is 47.4 Å². The van der Waals surface area contributed by atoms with Crippen molar-refractivity contribution in [3.8, 4) is 5.75 Å². The van der Waals surface area contributed by atoms with E-state index in [4.69, 9.17) is 0 Å². The summed E-state index contributed by atoms with van der Waals surface area (Å²) in [6, 6.07) is 10.5. The summed E-state index contributed by atoms with van der Waals surface area (Å²) < 4.78 is 67.6. The number of fused-ring (bicyclic) bond motifs is 1. The van der Waals surface area contributed by atoms with Crippen molar-refractivity contribution in [3.63, 3.8) is 0 Å². The van der Waals surface area contributed by atoms with Gasteiger partial charge in [0, 0.05) is 18.0 Å². The molecule has 1 N–H and O–H groups in total. The van der Waals surface area contributed by atoms with Crippen LogP contribution in [-0.2, 0) is 9.84 Å². The Balaban J connectivity index is 1.76. The summed E-state index contributed by atoms with van der Waals surface area (Å²) >= 11 is 0. The van der Waals surface area contributed by atoms with E-state index in [-0.39, 0.29) is 22.1 Å². The van der Waals surface area contributed by atoms with E-state index in [1.165, 1.54) is 24.3 Å². The lowest BCUT2D eigenvalue weighted by molar-refractivity contribution is -0.274. The largest absolute Gasteiger partial charge is 0.573 e. The first-order valence-electron chi connectivity index (χ1n) is 11.1. The second-order valence-electron chi connectivity index (χ2n) is 9.99. The van der Waals surface area contributed by atoms with Crippen molar-refractivity contribution in [1.29, 1.82) is 0 Å². The average molecular weight is 496 g/mol. The molecule has 184 valence electrons. The smallest absolute Gasteiger partial charge is 0.406 e. The Hall–Kier alpha value is -2.75. The number of rotatable bonds is 5. The third-order valence-electron chi connectivity index (χ3n) is 6.16. The Labute approximate surface area is 197 Å². The molecule has 0 spiro atoms. The molecule has 0 aliphatic heterocycles. The van der Waals surface area contributed by atoms with Gasteiger partial charge in [0.1, 0.15) is 5.75 Å². The molecule has 4 rings (SSSR count). The van der Waals surface area contributed by atoms with Crippen LogP contribution in [0.2, 0.25) is 0 Å². The minimum atomic E-state index is -4.76. The van der Waals surface area contributed by atoms with Gasteiger partial charge < -0.3 is 14.6 Å². The van der Waals surface area contributed by atoms with Crippen LogP contribution in [0.3, 0.4) is 0 Å². The highest BCUT2D eigenvalue weighted by molar-refractivity contribution is 7.90. The number of anilines is 2. The Morgan fingerprint density at radius 1 is 1.12 bits per heavy atom. The third kappa shape index (κ3) is 5.48. The van der Waals surface area contributed by atoms with Gasteiger partial charge in [-0.15, -0.1) is 13.2 Å². The van der Waals surface area contributed by atoms with Gasteiger partial charge in [-0.05, 0) is 73.1 Å². The molecular weight excluding hydrogens is 467 g/mol. The number of aromatic nitrogens is 2. The normalized spacial score (nSPS) is 20.9. The van der Waals surface area contributed by atoms with Gasteiger partial charge in [0.05, 0.1) is 15.9 Å². The summed E-state index contributed by atoms with van der Waals surface area (Å²) in [5.41, 5.74) is 2.01. The zero-order valence-corrected chi connectivity index (χ0v) is 20.3. The first-order chi connectivity index (χ1) is 15.7. The maximum Gasteiger partial charge on any atom is 0.573 e. The van der Waals surface area contributed by atoms with Gasteiger partial charge in [-0.3, -0.25) is 0 Å². The number of nitrogens with one attached hydrogen (secondary N) is 1. The Kier molecular flexibility index (Phi) is 6.08. The van der Waals surface area contributed by atoms with Crippen molar-refractivity contribution < 1.29 is 26.3 Å². The van der Waals surface area contributed by atoms with Crippen LogP contribution in [-0.4, -0.2) is 30.6 Å². The van der Waals surface area contributed by atoms with Crippen LogP contribution >= 0.6 is 0 Å². The summed E-state index contributed by atoms with van der Waals surface area (Å²) in [4.78, 5) is 4.87.